The SMILES string of the molecule is CCC(N)CSCC(=O)Nc1ccc(C)cc1Br. The van der Waals surface area contributed by atoms with Crippen molar-refractivity contribution >= 4 is 39.3 Å². The molecule has 1 atom stereocenters. The van der Waals surface area contributed by atoms with Gasteiger partial charge in [-0.3, -0.25) is 4.79 Å². The molecule has 1 aromatic rings. The molecule has 100 valence electrons. The van der Waals surface area contributed by atoms with E-state index in [-0.39, 0.29) is 11.9 Å². The maximum Gasteiger partial charge on any atom is 0.234 e. The summed E-state index contributed by atoms with van der Waals surface area (Å²) in [5.41, 5.74) is 7.76. The van der Waals surface area contributed by atoms with E-state index in [1.807, 2.05) is 25.1 Å². The lowest BCUT2D eigenvalue weighted by atomic mass is 10.2. The van der Waals surface area contributed by atoms with Crippen molar-refractivity contribution in [1.82, 2.24) is 0 Å². The number of nitrogens with two attached hydrogens (primary N) is 1. The van der Waals surface area contributed by atoms with Crippen LogP contribution in [0.4, 0.5) is 5.69 Å². The number of halogens is 1. The molecule has 0 spiro atoms. The van der Waals surface area contributed by atoms with Gasteiger partial charge in [0.25, 0.3) is 0 Å². The van der Waals surface area contributed by atoms with Gasteiger partial charge in [0.15, 0.2) is 0 Å². The highest BCUT2D eigenvalue weighted by Crippen LogP contribution is 2.23. The van der Waals surface area contributed by atoms with Crippen LogP contribution < -0.4 is 11.1 Å². The summed E-state index contributed by atoms with van der Waals surface area (Å²) in [6, 6.07) is 6.03. The second kappa shape index (κ2) is 7.81. The van der Waals surface area contributed by atoms with Crippen LogP contribution >= 0.6 is 27.7 Å². The van der Waals surface area contributed by atoms with Crippen LogP contribution in [0.25, 0.3) is 0 Å². The predicted molar refractivity (Wildman–Crippen MR) is 83.1 cm³/mol. The molecule has 1 unspecified atom stereocenters. The first-order valence-corrected chi connectivity index (χ1v) is 7.87. The molecule has 0 aliphatic heterocycles. The highest BCUT2D eigenvalue weighted by Gasteiger charge is 2.07. The van der Waals surface area contributed by atoms with Gasteiger partial charge in [-0.1, -0.05) is 13.0 Å². The number of thioether (sulfide) groups is 1. The third-order valence-corrected chi connectivity index (χ3v) is 4.27. The molecule has 1 aromatic carbocycles. The van der Waals surface area contributed by atoms with Crippen molar-refractivity contribution in [3.8, 4) is 0 Å². The lowest BCUT2D eigenvalue weighted by Gasteiger charge is -2.10. The summed E-state index contributed by atoms with van der Waals surface area (Å²) in [6.45, 7) is 4.06. The Kier molecular flexibility index (Phi) is 6.75. The molecule has 3 nitrogen and oxygen atoms in total. The highest BCUT2D eigenvalue weighted by molar-refractivity contribution is 9.10. The molecule has 5 heteroatoms. The minimum atomic E-state index is 0.00727. The minimum Gasteiger partial charge on any atom is -0.327 e. The fraction of sp³-hybridized carbons (Fsp3) is 0.462. The standard InChI is InChI=1S/C13H19BrN2OS/c1-3-10(15)7-18-8-13(17)16-12-5-4-9(2)6-11(12)14/h4-6,10H,3,7-8,15H2,1-2H3,(H,16,17). The number of hydrogen-bond acceptors (Lipinski definition) is 3. The Morgan fingerprint density at radius 1 is 1.56 bits per heavy atom. The summed E-state index contributed by atoms with van der Waals surface area (Å²) in [7, 11) is 0. The molecule has 1 amide bonds. The number of benzene rings is 1. The Balaban J connectivity index is 2.40. The monoisotopic (exact) mass is 330 g/mol. The molecule has 3 N–H and O–H groups in total. The number of anilines is 1. The topological polar surface area (TPSA) is 55.1 Å². The predicted octanol–water partition coefficient (Wildman–Crippen LogP) is 3.17. The number of amides is 1. The summed E-state index contributed by atoms with van der Waals surface area (Å²) in [6.07, 6.45) is 0.943. The highest BCUT2D eigenvalue weighted by atomic mass is 79.9. The smallest absolute Gasteiger partial charge is 0.234 e. The summed E-state index contributed by atoms with van der Waals surface area (Å²) in [4.78, 5) is 11.7. The summed E-state index contributed by atoms with van der Waals surface area (Å²) in [5.74, 6) is 1.26. The van der Waals surface area contributed by atoms with Crippen molar-refractivity contribution in [2.75, 3.05) is 16.8 Å². The minimum absolute atomic E-state index is 0.00727. The lowest BCUT2D eigenvalue weighted by Crippen LogP contribution is -2.23. The van der Waals surface area contributed by atoms with Crippen LogP contribution in [-0.4, -0.2) is 23.5 Å². The fourth-order valence-electron chi connectivity index (χ4n) is 1.33. The van der Waals surface area contributed by atoms with Crippen molar-refractivity contribution in [2.45, 2.75) is 26.3 Å². The van der Waals surface area contributed by atoms with E-state index in [1.165, 1.54) is 0 Å². The molecular formula is C13H19BrN2OS. The Bertz CT molecular complexity index is 412. The zero-order valence-electron chi connectivity index (χ0n) is 10.7. The molecule has 0 saturated carbocycles. The van der Waals surface area contributed by atoms with Gasteiger partial charge in [0.05, 0.1) is 11.4 Å². The van der Waals surface area contributed by atoms with Gasteiger partial charge in [-0.15, -0.1) is 0 Å². The normalized spacial score (nSPS) is 12.2. The van der Waals surface area contributed by atoms with Crippen molar-refractivity contribution in [2.24, 2.45) is 5.73 Å². The van der Waals surface area contributed by atoms with Crippen LogP contribution in [0.15, 0.2) is 22.7 Å². The number of hydrogen-bond donors (Lipinski definition) is 2. The Morgan fingerprint density at radius 3 is 2.89 bits per heavy atom. The molecule has 0 aliphatic rings. The first-order chi connectivity index (χ1) is 8.52. The van der Waals surface area contributed by atoms with Gasteiger partial charge in [-0.25, -0.2) is 0 Å². The largest absolute Gasteiger partial charge is 0.327 e. The first-order valence-electron chi connectivity index (χ1n) is 5.92. The van der Waals surface area contributed by atoms with Crippen LogP contribution in [-0.2, 0) is 4.79 Å². The Hall–Kier alpha value is -0.520. The summed E-state index contributed by atoms with van der Waals surface area (Å²) in [5, 5.41) is 2.88. The van der Waals surface area contributed by atoms with E-state index in [0.717, 1.165) is 27.9 Å². The quantitative estimate of drug-likeness (QED) is 0.842. The van der Waals surface area contributed by atoms with E-state index in [1.54, 1.807) is 11.8 Å². The van der Waals surface area contributed by atoms with Crippen LogP contribution in [0.1, 0.15) is 18.9 Å². The van der Waals surface area contributed by atoms with Gasteiger partial charge >= 0.3 is 0 Å². The van der Waals surface area contributed by atoms with Gasteiger partial charge < -0.3 is 11.1 Å². The van der Waals surface area contributed by atoms with Crippen LogP contribution in [0.2, 0.25) is 0 Å². The van der Waals surface area contributed by atoms with Crippen LogP contribution in [0, 0.1) is 6.92 Å². The molecule has 0 aliphatic carbocycles. The van der Waals surface area contributed by atoms with E-state index in [4.69, 9.17) is 5.73 Å². The van der Waals surface area contributed by atoms with E-state index in [9.17, 15) is 4.79 Å². The molecule has 0 radical (unpaired) electrons. The summed E-state index contributed by atoms with van der Waals surface area (Å²) >= 11 is 5.01. The average molecular weight is 331 g/mol. The van der Waals surface area contributed by atoms with Crippen molar-refractivity contribution in [3.05, 3.63) is 28.2 Å². The van der Waals surface area contributed by atoms with Crippen LogP contribution in [0.3, 0.4) is 0 Å². The van der Waals surface area contributed by atoms with Gasteiger partial charge in [-0.2, -0.15) is 11.8 Å². The zero-order valence-corrected chi connectivity index (χ0v) is 13.1. The second-order valence-electron chi connectivity index (χ2n) is 4.21. The molecular weight excluding hydrogens is 312 g/mol. The van der Waals surface area contributed by atoms with E-state index in [2.05, 4.69) is 28.2 Å². The number of carbonyl (C=O) groups excluding carboxylic acids is 1. The average Bonchev–Trinajstić information content (AvgIpc) is 2.32. The van der Waals surface area contributed by atoms with Gasteiger partial charge in [0.2, 0.25) is 5.91 Å². The van der Waals surface area contributed by atoms with Gasteiger partial charge in [0, 0.05) is 16.3 Å². The molecule has 18 heavy (non-hydrogen) atoms. The van der Waals surface area contributed by atoms with Crippen molar-refractivity contribution in [1.29, 1.82) is 0 Å². The van der Waals surface area contributed by atoms with Crippen molar-refractivity contribution < 1.29 is 4.79 Å². The van der Waals surface area contributed by atoms with E-state index >= 15 is 0 Å². The Labute approximate surface area is 121 Å². The second-order valence-corrected chi connectivity index (χ2v) is 6.10. The summed E-state index contributed by atoms with van der Waals surface area (Å²) < 4.78 is 0.908. The first kappa shape index (κ1) is 15.5. The third kappa shape index (κ3) is 5.42. The molecule has 0 saturated heterocycles. The fourth-order valence-corrected chi connectivity index (χ4v) is 2.83. The van der Waals surface area contributed by atoms with E-state index in [0.29, 0.717) is 5.75 Å². The number of nitrogens with one attached hydrogen (secondary N) is 1. The van der Waals surface area contributed by atoms with Gasteiger partial charge in [0.1, 0.15) is 0 Å². The molecule has 0 fully saturated rings. The molecule has 1 rings (SSSR count). The maximum atomic E-state index is 11.7. The van der Waals surface area contributed by atoms with Crippen molar-refractivity contribution in [3.63, 3.8) is 0 Å². The third-order valence-electron chi connectivity index (χ3n) is 2.49. The number of aryl methyl sites for hydroxylation is 1. The lowest BCUT2D eigenvalue weighted by molar-refractivity contribution is -0.113. The number of carbonyl (C=O) groups is 1. The zero-order chi connectivity index (χ0) is 13.5. The number of rotatable bonds is 6. The van der Waals surface area contributed by atoms with Gasteiger partial charge in [-0.05, 0) is 47.0 Å². The molecule has 0 heterocycles. The Morgan fingerprint density at radius 2 is 2.28 bits per heavy atom. The molecule has 0 aromatic heterocycles. The van der Waals surface area contributed by atoms with Crippen LogP contribution in [0.5, 0.6) is 0 Å². The molecule has 0 bridgehead atoms. The van der Waals surface area contributed by atoms with E-state index < -0.39 is 0 Å². The maximum absolute atomic E-state index is 11.7.